The Balaban J connectivity index is 1.51. The maximum absolute atomic E-state index is 11.0. The minimum Gasteiger partial charge on any atom is -0.507 e. The topological polar surface area (TPSA) is 50.9 Å². The van der Waals surface area contributed by atoms with Gasteiger partial charge in [0.1, 0.15) is 11.6 Å². The molecule has 0 aliphatic heterocycles. The Morgan fingerprint density at radius 1 is 0.756 bits per heavy atom. The fourth-order valence-electron chi connectivity index (χ4n) is 6.24. The van der Waals surface area contributed by atoms with Crippen molar-refractivity contribution in [2.75, 3.05) is 0 Å². The Hall–Kier alpha value is -5.22. The van der Waals surface area contributed by atoms with Gasteiger partial charge in [-0.05, 0) is 95.0 Å². The molecule has 5 aromatic carbocycles. The van der Waals surface area contributed by atoms with Crippen LogP contribution in [-0.4, -0.2) is 19.6 Å². The average molecular weight is 591 g/mol. The Bertz CT molecular complexity index is 2310. The molecule has 0 aliphatic rings. The van der Waals surface area contributed by atoms with Crippen molar-refractivity contribution in [1.82, 2.24) is 14.5 Å². The number of hydrogen-bond acceptors (Lipinski definition) is 3. The summed E-state index contributed by atoms with van der Waals surface area (Å²) in [4.78, 5) is 9.94. The van der Waals surface area contributed by atoms with Crippen LogP contribution in [0.5, 0.6) is 5.75 Å². The van der Waals surface area contributed by atoms with Crippen molar-refractivity contribution >= 4 is 21.9 Å². The number of aromatic hydroxyl groups is 1. The summed E-state index contributed by atoms with van der Waals surface area (Å²) < 4.78 is 27.3. The van der Waals surface area contributed by atoms with Gasteiger partial charge in [-0.1, -0.05) is 88.4 Å². The predicted molar refractivity (Wildman–Crippen MR) is 187 cm³/mol. The normalized spacial score (nSPS) is 13.1. The summed E-state index contributed by atoms with van der Waals surface area (Å²) >= 11 is 0. The van der Waals surface area contributed by atoms with Crippen LogP contribution in [0.4, 0.5) is 0 Å². The van der Waals surface area contributed by atoms with Crippen LogP contribution in [-0.2, 0) is 11.8 Å². The van der Waals surface area contributed by atoms with Crippen molar-refractivity contribution in [2.24, 2.45) is 0 Å². The minimum atomic E-state index is -2.36. The molecule has 0 aliphatic carbocycles. The third-order valence-electron chi connectivity index (χ3n) is 8.62. The van der Waals surface area contributed by atoms with E-state index in [0.29, 0.717) is 28.0 Å². The SMILES string of the molecule is [2H]C([2H])([2H])c1cc(-c2cccc(-c3ccc(CC)c4cccnc34)c2)c2nc(-c3ccccc3O)n(-c3ccc(C(C)(C)C)cc3)c2c1. The van der Waals surface area contributed by atoms with Crippen LogP contribution in [0, 0.1) is 6.85 Å². The molecule has 7 rings (SSSR count). The van der Waals surface area contributed by atoms with Gasteiger partial charge in [0, 0.05) is 32.5 Å². The monoisotopic (exact) mass is 590 g/mol. The lowest BCUT2D eigenvalue weighted by Gasteiger charge is -2.20. The first kappa shape index (κ1) is 25.1. The van der Waals surface area contributed by atoms with Crippen molar-refractivity contribution in [1.29, 1.82) is 0 Å². The lowest BCUT2D eigenvalue weighted by molar-refractivity contribution is 0.477. The largest absolute Gasteiger partial charge is 0.507 e. The van der Waals surface area contributed by atoms with Crippen molar-refractivity contribution in [3.05, 3.63) is 132 Å². The van der Waals surface area contributed by atoms with Crippen LogP contribution in [0.1, 0.15) is 48.5 Å². The minimum absolute atomic E-state index is 0.0413. The molecule has 0 fully saturated rings. The van der Waals surface area contributed by atoms with Crippen molar-refractivity contribution in [3.63, 3.8) is 0 Å². The molecule has 0 radical (unpaired) electrons. The highest BCUT2D eigenvalue weighted by atomic mass is 16.3. The number of nitrogens with zero attached hydrogens (tertiary/aromatic N) is 3. The molecule has 7 aromatic rings. The quantitative estimate of drug-likeness (QED) is 0.217. The summed E-state index contributed by atoms with van der Waals surface area (Å²) in [6.45, 7) is 6.29. The van der Waals surface area contributed by atoms with E-state index < -0.39 is 6.85 Å². The molecule has 2 heterocycles. The summed E-state index contributed by atoms with van der Waals surface area (Å²) in [5.41, 5.74) is 9.69. The number of imidazole rings is 1. The Labute approximate surface area is 268 Å². The Kier molecular flexibility index (Phi) is 6.17. The fourth-order valence-corrected chi connectivity index (χ4v) is 6.24. The molecule has 1 N–H and O–H groups in total. The molecule has 4 nitrogen and oxygen atoms in total. The highest BCUT2D eigenvalue weighted by Gasteiger charge is 2.21. The summed E-state index contributed by atoms with van der Waals surface area (Å²) in [6.07, 6.45) is 2.73. The zero-order valence-corrected chi connectivity index (χ0v) is 26.0. The highest BCUT2D eigenvalue weighted by molar-refractivity contribution is 5.99. The van der Waals surface area contributed by atoms with E-state index in [1.807, 2.05) is 53.2 Å². The van der Waals surface area contributed by atoms with Gasteiger partial charge in [-0.25, -0.2) is 4.98 Å². The molecular formula is C41H37N3O. The van der Waals surface area contributed by atoms with Gasteiger partial charge in [0.15, 0.2) is 0 Å². The average Bonchev–Trinajstić information content (AvgIpc) is 3.46. The van der Waals surface area contributed by atoms with E-state index in [0.717, 1.165) is 39.7 Å². The lowest BCUT2D eigenvalue weighted by atomic mass is 9.87. The zero-order valence-electron chi connectivity index (χ0n) is 29.0. The van der Waals surface area contributed by atoms with Gasteiger partial charge < -0.3 is 5.11 Å². The first-order chi connectivity index (χ1) is 22.9. The molecule has 0 bridgehead atoms. The van der Waals surface area contributed by atoms with E-state index in [2.05, 4.69) is 70.2 Å². The van der Waals surface area contributed by atoms with Crippen molar-refractivity contribution < 1.29 is 9.22 Å². The molecule has 0 saturated carbocycles. The number of phenols is 1. The molecule has 0 atom stereocenters. The van der Waals surface area contributed by atoms with Crippen molar-refractivity contribution in [3.8, 4) is 45.1 Å². The first-order valence-electron chi connectivity index (χ1n) is 16.9. The number of pyridine rings is 1. The van der Waals surface area contributed by atoms with Crippen LogP contribution < -0.4 is 0 Å². The van der Waals surface area contributed by atoms with E-state index in [9.17, 15) is 5.11 Å². The number of rotatable bonds is 5. The van der Waals surface area contributed by atoms with Crippen LogP contribution in [0.3, 0.4) is 0 Å². The number of hydrogen-bond donors (Lipinski definition) is 1. The smallest absolute Gasteiger partial charge is 0.149 e. The number of aryl methyl sites for hydroxylation is 2. The van der Waals surface area contributed by atoms with Crippen LogP contribution in [0.15, 0.2) is 115 Å². The van der Waals surface area contributed by atoms with E-state index in [-0.39, 0.29) is 16.7 Å². The second kappa shape index (κ2) is 11.0. The van der Waals surface area contributed by atoms with Gasteiger partial charge in [-0.2, -0.15) is 0 Å². The number of aromatic nitrogens is 3. The molecule has 0 saturated heterocycles. The maximum atomic E-state index is 11.0. The molecule has 45 heavy (non-hydrogen) atoms. The van der Waals surface area contributed by atoms with E-state index in [4.69, 9.17) is 14.1 Å². The van der Waals surface area contributed by atoms with Gasteiger partial charge in [-0.15, -0.1) is 0 Å². The molecule has 0 unspecified atom stereocenters. The number of fused-ring (bicyclic) bond motifs is 2. The fraction of sp³-hybridized carbons (Fsp3) is 0.171. The molecule has 4 heteroatoms. The Morgan fingerprint density at radius 3 is 2.27 bits per heavy atom. The lowest BCUT2D eigenvalue weighted by Crippen LogP contribution is -2.11. The Morgan fingerprint density at radius 2 is 1.53 bits per heavy atom. The zero-order chi connectivity index (χ0) is 33.8. The van der Waals surface area contributed by atoms with Gasteiger partial charge in [0.25, 0.3) is 0 Å². The van der Waals surface area contributed by atoms with E-state index in [1.165, 1.54) is 11.1 Å². The van der Waals surface area contributed by atoms with Crippen LogP contribution in [0.2, 0.25) is 0 Å². The third-order valence-corrected chi connectivity index (χ3v) is 8.62. The second-order valence-electron chi connectivity index (χ2n) is 12.6. The summed E-state index contributed by atoms with van der Waals surface area (Å²) in [6, 6.07) is 35.3. The van der Waals surface area contributed by atoms with Gasteiger partial charge in [0.05, 0.1) is 22.1 Å². The van der Waals surface area contributed by atoms with Crippen LogP contribution >= 0.6 is 0 Å². The summed E-state index contributed by atoms with van der Waals surface area (Å²) in [7, 11) is 0. The summed E-state index contributed by atoms with van der Waals surface area (Å²) in [5, 5.41) is 12.1. The van der Waals surface area contributed by atoms with Crippen molar-refractivity contribution in [2.45, 2.75) is 46.4 Å². The summed E-state index contributed by atoms with van der Waals surface area (Å²) in [5.74, 6) is 0.618. The van der Waals surface area contributed by atoms with E-state index in [1.54, 1.807) is 24.3 Å². The molecule has 222 valence electrons. The van der Waals surface area contributed by atoms with Gasteiger partial charge >= 0.3 is 0 Å². The molecule has 0 amide bonds. The first-order valence-corrected chi connectivity index (χ1v) is 15.4. The van der Waals surface area contributed by atoms with Gasteiger partial charge in [-0.3, -0.25) is 9.55 Å². The molecule has 0 spiro atoms. The molecular weight excluding hydrogens is 550 g/mol. The number of phenolic OH excluding ortho intramolecular Hbond substituents is 1. The molecule has 2 aromatic heterocycles. The number of benzene rings is 5. The standard InChI is InChI=1S/C41H37N3O/c1-6-27-16-21-33(38-32(27)14-10-22-42-38)28-11-9-12-29(25-28)35-23-26(2)24-36-39(35)43-40(34-13-7-8-15-37(34)45)44(36)31-19-17-30(18-20-31)41(3,4)5/h7-25,45H,6H2,1-5H3/i2D3. The predicted octanol–water partition coefficient (Wildman–Crippen LogP) is 10.4. The second-order valence-corrected chi connectivity index (χ2v) is 12.6. The number of para-hydroxylation sites is 1. The highest BCUT2D eigenvalue weighted by Crippen LogP contribution is 2.39. The van der Waals surface area contributed by atoms with E-state index >= 15 is 0 Å². The third kappa shape index (κ3) is 5.06. The maximum Gasteiger partial charge on any atom is 0.149 e. The van der Waals surface area contributed by atoms with Crippen LogP contribution in [0.25, 0.3) is 61.3 Å². The van der Waals surface area contributed by atoms with Gasteiger partial charge in [0.2, 0.25) is 0 Å².